The molecule has 1 saturated heterocycles. The van der Waals surface area contributed by atoms with Crippen molar-refractivity contribution < 1.29 is 24.7 Å². The molecule has 1 aliphatic rings. The highest BCUT2D eigenvalue weighted by atomic mass is 31.1. The fourth-order valence-corrected chi connectivity index (χ4v) is 5.56. The van der Waals surface area contributed by atoms with Crippen molar-refractivity contribution in [2.45, 2.75) is 32.3 Å². The average Bonchev–Trinajstić information content (AvgIpc) is 2.75. The monoisotopic (exact) mass is 510 g/mol. The zero-order valence-corrected chi connectivity index (χ0v) is 22.6. The number of aliphatic carboxylic acids is 2. The van der Waals surface area contributed by atoms with Crippen LogP contribution in [0.4, 0.5) is 0 Å². The Balaban J connectivity index is 2.01. The highest BCUT2D eigenvalue weighted by Crippen LogP contribution is 2.36. The Labute approximate surface area is 211 Å². The van der Waals surface area contributed by atoms with Gasteiger partial charge >= 0.3 is 11.9 Å². The molecule has 1 heterocycles. The molecule has 1 unspecified atom stereocenters. The average molecular weight is 511 g/mol. The number of likely N-dealkylation sites (N-methyl/N-ethyl adjacent to an activating group) is 1. The first-order valence-corrected chi connectivity index (χ1v) is 13.9. The lowest BCUT2D eigenvalue weighted by molar-refractivity contribution is -0.140. The molecule has 0 aliphatic carbocycles. The van der Waals surface area contributed by atoms with Crippen LogP contribution in [0.25, 0.3) is 0 Å². The van der Waals surface area contributed by atoms with Crippen molar-refractivity contribution in [1.29, 1.82) is 0 Å². The van der Waals surface area contributed by atoms with E-state index in [1.54, 1.807) is 0 Å². The van der Waals surface area contributed by atoms with E-state index in [4.69, 9.17) is 0 Å². The van der Waals surface area contributed by atoms with Crippen LogP contribution < -0.4 is 0 Å². The van der Waals surface area contributed by atoms with Gasteiger partial charge in [-0.1, -0.05) is 45.0 Å². The molecule has 35 heavy (non-hydrogen) atoms. The number of benzene rings is 1. The molecule has 9 nitrogen and oxygen atoms in total. The lowest BCUT2D eigenvalue weighted by Crippen LogP contribution is -2.47. The van der Waals surface area contributed by atoms with Crippen LogP contribution in [-0.2, 0) is 21.2 Å². The fourth-order valence-electron chi connectivity index (χ4n) is 4.08. The molecule has 0 spiro atoms. The van der Waals surface area contributed by atoms with Crippen LogP contribution in [0.15, 0.2) is 24.3 Å². The Morgan fingerprint density at radius 2 is 1.23 bits per heavy atom. The van der Waals surface area contributed by atoms with E-state index in [9.17, 15) is 24.7 Å². The quantitative estimate of drug-likeness (QED) is 0.452. The molecule has 0 bridgehead atoms. The van der Waals surface area contributed by atoms with Gasteiger partial charge in [-0.2, -0.15) is 0 Å². The van der Waals surface area contributed by atoms with Crippen molar-refractivity contribution in [3.8, 4) is 0 Å². The predicted molar refractivity (Wildman–Crippen MR) is 140 cm³/mol. The van der Waals surface area contributed by atoms with Crippen molar-refractivity contribution in [3.63, 3.8) is 0 Å². The lowest BCUT2D eigenvalue weighted by atomic mass is 9.87. The van der Waals surface area contributed by atoms with Gasteiger partial charge in [0.25, 0.3) is 0 Å². The lowest BCUT2D eigenvalue weighted by Gasteiger charge is -2.33. The summed E-state index contributed by atoms with van der Waals surface area (Å²) in [5, 5.41) is 18.6. The highest BCUT2D eigenvalue weighted by molar-refractivity contribution is 7.50. The van der Waals surface area contributed by atoms with E-state index in [0.29, 0.717) is 45.2 Å². The number of carbonyl (C=O) groups is 2. The van der Waals surface area contributed by atoms with Crippen molar-refractivity contribution in [2.75, 3.05) is 78.8 Å². The maximum Gasteiger partial charge on any atom is 0.317 e. The minimum atomic E-state index is -1.23. The molecule has 10 heteroatoms. The van der Waals surface area contributed by atoms with E-state index in [-0.39, 0.29) is 18.5 Å². The topological polar surface area (TPSA) is 108 Å². The highest BCUT2D eigenvalue weighted by Gasteiger charge is 2.20. The molecule has 0 saturated carbocycles. The van der Waals surface area contributed by atoms with Crippen LogP contribution in [-0.4, -0.2) is 125 Å². The standard InChI is InChI=1S/C25H43N4O5P/c1-25(2,3)22-7-5-21(6-8-22)19-35(34)20-29-12-10-26(4)9-11-27(17-23(30)31)13-14-28(15-16-29)18-24(32)33/h5-8,34H,9-20H2,1-4H3,(H,30,31)(H,32,33). The summed E-state index contributed by atoms with van der Waals surface area (Å²) in [6, 6.07) is 8.49. The van der Waals surface area contributed by atoms with Crippen LogP contribution >= 0.6 is 8.15 Å². The van der Waals surface area contributed by atoms with Crippen molar-refractivity contribution in [3.05, 3.63) is 35.4 Å². The molecule has 1 fully saturated rings. The zero-order valence-electron chi connectivity index (χ0n) is 21.7. The SMILES string of the molecule is CN1CCN(CC(=O)O)CCN(CC(=O)O)CCN(CP(O)Cc2ccc(C(C)(C)C)cc2)CC1. The largest absolute Gasteiger partial charge is 0.480 e. The molecule has 1 atom stereocenters. The molecule has 2 rings (SSSR count). The maximum absolute atomic E-state index is 11.4. The van der Waals surface area contributed by atoms with E-state index in [0.717, 1.165) is 25.2 Å². The van der Waals surface area contributed by atoms with Gasteiger partial charge in [-0.05, 0) is 23.6 Å². The molecular weight excluding hydrogens is 467 g/mol. The molecule has 0 radical (unpaired) electrons. The fraction of sp³-hybridized carbons (Fsp3) is 0.680. The molecule has 0 aromatic heterocycles. The van der Waals surface area contributed by atoms with Crippen LogP contribution in [0.3, 0.4) is 0 Å². The van der Waals surface area contributed by atoms with Gasteiger partial charge in [0, 0.05) is 73.0 Å². The van der Waals surface area contributed by atoms with Gasteiger partial charge < -0.3 is 20.0 Å². The van der Waals surface area contributed by atoms with E-state index >= 15 is 0 Å². The van der Waals surface area contributed by atoms with Crippen LogP contribution in [0.5, 0.6) is 0 Å². The minimum absolute atomic E-state index is 0.0492. The van der Waals surface area contributed by atoms with Crippen molar-refractivity contribution >= 4 is 20.1 Å². The summed E-state index contributed by atoms with van der Waals surface area (Å²) in [6.07, 6.45) is 1.21. The van der Waals surface area contributed by atoms with Gasteiger partial charge in [0.2, 0.25) is 0 Å². The summed E-state index contributed by atoms with van der Waals surface area (Å²) >= 11 is 0. The smallest absolute Gasteiger partial charge is 0.317 e. The molecule has 1 aromatic carbocycles. The summed E-state index contributed by atoms with van der Waals surface area (Å²) in [7, 11) is 0.797. The molecule has 198 valence electrons. The zero-order chi connectivity index (χ0) is 26.0. The summed E-state index contributed by atoms with van der Waals surface area (Å²) in [5.41, 5.74) is 2.50. The number of hydrogen-bond donors (Lipinski definition) is 3. The van der Waals surface area contributed by atoms with E-state index in [2.05, 4.69) is 54.8 Å². The Kier molecular flexibility index (Phi) is 12.0. The van der Waals surface area contributed by atoms with Gasteiger partial charge in [-0.25, -0.2) is 0 Å². The first-order valence-electron chi connectivity index (χ1n) is 12.2. The Bertz CT molecular complexity index is 802. The summed E-state index contributed by atoms with van der Waals surface area (Å²) < 4.78 is 0. The summed E-state index contributed by atoms with van der Waals surface area (Å²) in [4.78, 5) is 41.7. The Morgan fingerprint density at radius 3 is 1.69 bits per heavy atom. The second-order valence-corrected chi connectivity index (χ2v) is 12.1. The number of carboxylic acid groups (broad SMARTS) is 2. The van der Waals surface area contributed by atoms with Gasteiger partial charge in [-0.3, -0.25) is 24.3 Å². The third kappa shape index (κ3) is 11.8. The third-order valence-electron chi connectivity index (χ3n) is 6.33. The Morgan fingerprint density at radius 1 is 0.800 bits per heavy atom. The third-order valence-corrected chi connectivity index (χ3v) is 7.78. The van der Waals surface area contributed by atoms with Gasteiger partial charge in [0.1, 0.15) is 0 Å². The van der Waals surface area contributed by atoms with Gasteiger partial charge in [0.15, 0.2) is 0 Å². The van der Waals surface area contributed by atoms with Crippen LogP contribution in [0, 0.1) is 0 Å². The summed E-state index contributed by atoms with van der Waals surface area (Å²) in [6.45, 7) is 11.5. The first-order chi connectivity index (χ1) is 16.4. The number of rotatable bonds is 8. The van der Waals surface area contributed by atoms with E-state index in [1.807, 2.05) is 16.8 Å². The maximum atomic E-state index is 11.4. The van der Waals surface area contributed by atoms with Crippen LogP contribution in [0.1, 0.15) is 31.9 Å². The van der Waals surface area contributed by atoms with Gasteiger partial charge in [-0.15, -0.1) is 0 Å². The molecule has 1 aliphatic heterocycles. The number of hydrogen-bond acceptors (Lipinski definition) is 7. The Hall–Kier alpha value is -1.61. The minimum Gasteiger partial charge on any atom is -0.480 e. The second kappa shape index (κ2) is 14.2. The van der Waals surface area contributed by atoms with Crippen LogP contribution in [0.2, 0.25) is 0 Å². The molecule has 0 amide bonds. The molecule has 3 N–H and O–H groups in total. The first kappa shape index (κ1) is 29.6. The normalized spacial score (nSPS) is 19.6. The predicted octanol–water partition coefficient (Wildman–Crippen LogP) is 1.85. The summed E-state index contributed by atoms with van der Waals surface area (Å²) in [5.74, 6) is -1.77. The number of nitrogens with zero attached hydrogens (tertiary/aromatic N) is 4. The van der Waals surface area contributed by atoms with Crippen molar-refractivity contribution in [1.82, 2.24) is 19.6 Å². The van der Waals surface area contributed by atoms with E-state index in [1.165, 1.54) is 5.56 Å². The second-order valence-electron chi connectivity index (χ2n) is 10.5. The number of carboxylic acids is 2. The molecule has 1 aromatic rings. The van der Waals surface area contributed by atoms with E-state index < -0.39 is 20.1 Å². The van der Waals surface area contributed by atoms with Gasteiger partial charge in [0.05, 0.1) is 13.1 Å². The van der Waals surface area contributed by atoms with Crippen molar-refractivity contribution in [2.24, 2.45) is 0 Å². The molecular formula is C25H43N4O5P.